The molecule has 3 heterocycles. The van der Waals surface area contributed by atoms with E-state index in [9.17, 15) is 18.0 Å². The van der Waals surface area contributed by atoms with Crippen LogP contribution < -0.4 is 15.6 Å². The quantitative estimate of drug-likeness (QED) is 0.195. The van der Waals surface area contributed by atoms with E-state index in [1.54, 1.807) is 47.6 Å². The van der Waals surface area contributed by atoms with Crippen molar-refractivity contribution >= 4 is 21.7 Å². The van der Waals surface area contributed by atoms with E-state index in [2.05, 4.69) is 22.1 Å². The van der Waals surface area contributed by atoms with Crippen molar-refractivity contribution in [3.8, 4) is 11.1 Å². The third kappa shape index (κ3) is 8.28. The normalized spacial score (nSPS) is 13.5. The molecule has 1 saturated heterocycles. The number of aromatic nitrogens is 3. The Kier molecular flexibility index (Phi) is 11.7. The molecule has 1 aliphatic rings. The molecule has 0 spiro atoms. The van der Waals surface area contributed by atoms with Crippen LogP contribution in [0.15, 0.2) is 56.7 Å². The van der Waals surface area contributed by atoms with Crippen molar-refractivity contribution in [2.75, 3.05) is 37.5 Å². The predicted molar refractivity (Wildman–Crippen MR) is 188 cm³/mol. The average Bonchev–Trinajstić information content (AvgIpc) is 3.41. The van der Waals surface area contributed by atoms with Gasteiger partial charge in [-0.25, -0.2) is 13.4 Å². The molecule has 262 valence electrons. The fourth-order valence-corrected chi connectivity index (χ4v) is 7.25. The monoisotopic (exact) mass is 690 g/mol. The first-order valence-electron chi connectivity index (χ1n) is 16.9. The third-order valence-corrected chi connectivity index (χ3v) is 10.3. The van der Waals surface area contributed by atoms with Crippen LogP contribution in [0.3, 0.4) is 0 Å². The Morgan fingerprint density at radius 3 is 2.51 bits per heavy atom. The van der Waals surface area contributed by atoms with Crippen LogP contribution in [0.4, 0.5) is 5.82 Å². The van der Waals surface area contributed by atoms with Crippen LogP contribution >= 0.6 is 0 Å². The van der Waals surface area contributed by atoms with Gasteiger partial charge in [-0.05, 0) is 56.9 Å². The number of aryl methyl sites for hydroxylation is 3. The highest BCUT2D eigenvalue weighted by atomic mass is 32.2. The van der Waals surface area contributed by atoms with Gasteiger partial charge >= 0.3 is 0 Å². The molecule has 0 radical (unpaired) electrons. The van der Waals surface area contributed by atoms with Gasteiger partial charge in [0.25, 0.3) is 15.6 Å². The second-order valence-corrected chi connectivity index (χ2v) is 14.0. The van der Waals surface area contributed by atoms with Gasteiger partial charge < -0.3 is 19.5 Å². The van der Waals surface area contributed by atoms with Crippen LogP contribution in [-0.4, -0.2) is 66.7 Å². The van der Waals surface area contributed by atoms with E-state index in [-0.39, 0.29) is 41.8 Å². The second kappa shape index (κ2) is 15.9. The number of carbonyl (C=O) groups excluding carboxylic acids is 1. The SMILES string of the molecule is CCCCc1nc(C)c(CC(=O)N2CCNCC2)c(=O)n1Cc1ccc(-c2ccccc2S(=O)(=O)Nc2noc(C)c2C)c(COCC)c1. The van der Waals surface area contributed by atoms with Crippen molar-refractivity contribution in [2.45, 2.75) is 78.3 Å². The van der Waals surface area contributed by atoms with E-state index in [1.165, 1.54) is 0 Å². The number of nitrogens with one attached hydrogen (secondary N) is 2. The molecule has 12 nitrogen and oxygen atoms in total. The molecule has 0 unspecified atom stereocenters. The number of anilines is 1. The van der Waals surface area contributed by atoms with Gasteiger partial charge in [-0.3, -0.25) is 18.9 Å². The Morgan fingerprint density at radius 1 is 1.06 bits per heavy atom. The van der Waals surface area contributed by atoms with Gasteiger partial charge in [0.1, 0.15) is 11.6 Å². The molecule has 0 atom stereocenters. The first kappa shape index (κ1) is 36.0. The van der Waals surface area contributed by atoms with Crippen molar-refractivity contribution < 1.29 is 22.5 Å². The summed E-state index contributed by atoms with van der Waals surface area (Å²) in [5.74, 6) is 1.28. The zero-order chi connectivity index (χ0) is 35.1. The van der Waals surface area contributed by atoms with Crippen LogP contribution in [-0.2, 0) is 45.5 Å². The van der Waals surface area contributed by atoms with Gasteiger partial charge in [0.15, 0.2) is 5.82 Å². The predicted octanol–water partition coefficient (Wildman–Crippen LogP) is 4.53. The summed E-state index contributed by atoms with van der Waals surface area (Å²) < 4.78 is 42.7. The van der Waals surface area contributed by atoms with Gasteiger partial charge in [-0.15, -0.1) is 0 Å². The molecule has 2 aromatic carbocycles. The number of sulfonamides is 1. The number of amides is 1. The first-order chi connectivity index (χ1) is 23.5. The van der Waals surface area contributed by atoms with E-state index in [1.807, 2.05) is 32.0 Å². The zero-order valence-corrected chi connectivity index (χ0v) is 29.8. The van der Waals surface area contributed by atoms with Gasteiger partial charge in [0.2, 0.25) is 5.91 Å². The zero-order valence-electron chi connectivity index (χ0n) is 29.0. The van der Waals surface area contributed by atoms with Gasteiger partial charge in [0, 0.05) is 61.6 Å². The summed E-state index contributed by atoms with van der Waals surface area (Å²) in [6, 6.07) is 12.5. The van der Waals surface area contributed by atoms with Crippen LogP contribution in [0, 0.1) is 20.8 Å². The summed E-state index contributed by atoms with van der Waals surface area (Å²) in [5, 5.41) is 7.13. The smallest absolute Gasteiger partial charge is 0.263 e. The maximum atomic E-state index is 14.1. The number of hydrogen-bond donors (Lipinski definition) is 2. The maximum Gasteiger partial charge on any atom is 0.263 e. The third-order valence-electron chi connectivity index (χ3n) is 8.93. The summed E-state index contributed by atoms with van der Waals surface area (Å²) >= 11 is 0. The molecule has 0 bridgehead atoms. The number of piperazine rings is 1. The molecular weight excluding hydrogens is 644 g/mol. The highest BCUT2D eigenvalue weighted by Gasteiger charge is 2.25. The molecule has 1 fully saturated rings. The van der Waals surface area contributed by atoms with Crippen molar-refractivity contribution in [3.63, 3.8) is 0 Å². The molecule has 49 heavy (non-hydrogen) atoms. The highest BCUT2D eigenvalue weighted by molar-refractivity contribution is 7.92. The van der Waals surface area contributed by atoms with E-state index in [0.717, 1.165) is 37.1 Å². The Balaban J connectivity index is 1.52. The number of unbranched alkanes of at least 4 members (excludes halogenated alkanes) is 1. The van der Waals surface area contributed by atoms with E-state index < -0.39 is 10.0 Å². The minimum Gasteiger partial charge on any atom is -0.377 e. The van der Waals surface area contributed by atoms with Crippen LogP contribution in [0.25, 0.3) is 11.1 Å². The lowest BCUT2D eigenvalue weighted by atomic mass is 9.97. The topological polar surface area (TPSA) is 149 Å². The van der Waals surface area contributed by atoms with E-state index in [0.29, 0.717) is 65.6 Å². The number of benzene rings is 2. The van der Waals surface area contributed by atoms with Gasteiger partial charge in [-0.2, -0.15) is 0 Å². The molecule has 0 aliphatic carbocycles. The fraction of sp³-hybridized carbons (Fsp3) is 0.444. The summed E-state index contributed by atoms with van der Waals surface area (Å²) in [4.78, 5) is 34.0. The Morgan fingerprint density at radius 2 is 1.82 bits per heavy atom. The Bertz CT molecular complexity index is 1960. The molecule has 4 aromatic rings. The Labute approximate surface area is 287 Å². The van der Waals surface area contributed by atoms with Crippen molar-refractivity contribution in [3.05, 3.63) is 92.4 Å². The van der Waals surface area contributed by atoms with E-state index >= 15 is 0 Å². The summed E-state index contributed by atoms with van der Waals surface area (Å²) in [7, 11) is -4.05. The second-order valence-electron chi connectivity index (χ2n) is 12.3. The number of hydrogen-bond acceptors (Lipinski definition) is 9. The molecular formula is C36H46N6O6S. The molecule has 0 saturated carbocycles. The number of rotatable bonds is 14. The van der Waals surface area contributed by atoms with Crippen LogP contribution in [0.2, 0.25) is 0 Å². The lowest BCUT2D eigenvalue weighted by Gasteiger charge is -2.27. The molecule has 1 amide bonds. The Hall–Kier alpha value is -4.33. The molecule has 1 aliphatic heterocycles. The standard InChI is InChI=1S/C36H46N6O6S/c1-6-8-13-33-38-25(4)31(21-34(43)41-18-16-37-17-19-41)36(44)42(33)22-27-14-15-29(28(20-27)23-47-7-2)30-11-9-10-12-32(30)49(45,46)40-35-24(3)26(5)48-39-35/h9-12,14-15,20,37H,6-8,13,16-19,21-23H2,1-5H3,(H,39,40). The highest BCUT2D eigenvalue weighted by Crippen LogP contribution is 2.33. The fourth-order valence-electron chi connectivity index (χ4n) is 5.97. The number of ether oxygens (including phenoxy) is 1. The minimum absolute atomic E-state index is 0.00692. The van der Waals surface area contributed by atoms with Gasteiger partial charge in [-0.1, -0.05) is 54.9 Å². The number of carbonyl (C=O) groups is 1. The van der Waals surface area contributed by atoms with E-state index in [4.69, 9.17) is 14.2 Å². The van der Waals surface area contributed by atoms with Crippen LogP contribution in [0.5, 0.6) is 0 Å². The van der Waals surface area contributed by atoms with Crippen molar-refractivity contribution in [1.29, 1.82) is 0 Å². The van der Waals surface area contributed by atoms with Gasteiger partial charge in [0.05, 0.1) is 24.5 Å². The molecule has 2 aromatic heterocycles. The maximum absolute atomic E-state index is 14.1. The largest absolute Gasteiger partial charge is 0.377 e. The molecule has 2 N–H and O–H groups in total. The van der Waals surface area contributed by atoms with Crippen molar-refractivity contribution in [1.82, 2.24) is 24.9 Å². The average molecular weight is 691 g/mol. The van der Waals surface area contributed by atoms with Crippen molar-refractivity contribution in [2.24, 2.45) is 0 Å². The lowest BCUT2D eigenvalue weighted by molar-refractivity contribution is -0.131. The molecule has 5 rings (SSSR count). The summed E-state index contributed by atoms with van der Waals surface area (Å²) in [5.41, 5.74) is 4.19. The summed E-state index contributed by atoms with van der Waals surface area (Å²) in [6.07, 6.45) is 2.45. The van der Waals surface area contributed by atoms with Crippen LogP contribution in [0.1, 0.15) is 66.2 Å². The summed E-state index contributed by atoms with van der Waals surface area (Å²) in [6.45, 7) is 12.9. The number of nitrogens with zero attached hydrogens (tertiary/aromatic N) is 4. The first-order valence-corrected chi connectivity index (χ1v) is 18.3. The molecule has 13 heteroatoms. The lowest BCUT2D eigenvalue weighted by Crippen LogP contribution is -2.47. The minimum atomic E-state index is -4.05.